The van der Waals surface area contributed by atoms with Crippen LogP contribution in [0.25, 0.3) is 0 Å². The van der Waals surface area contributed by atoms with Crippen molar-refractivity contribution in [3.8, 4) is 0 Å². The minimum absolute atomic E-state index is 3.35. The van der Waals surface area contributed by atoms with Crippen molar-refractivity contribution in [2.24, 2.45) is 0 Å². The summed E-state index contributed by atoms with van der Waals surface area (Å²) in [5.74, 6) is 0. The smallest absolute Gasteiger partial charge is 0.333 e. The van der Waals surface area contributed by atoms with Gasteiger partial charge in [0, 0.05) is 0 Å². The van der Waals surface area contributed by atoms with E-state index in [1.807, 2.05) is 0 Å². The van der Waals surface area contributed by atoms with Gasteiger partial charge in [-0.15, -0.1) is 0 Å². The van der Waals surface area contributed by atoms with Gasteiger partial charge >= 0.3 is 6.11 Å². The van der Waals surface area contributed by atoms with E-state index < -0.39 is 22.7 Å². The van der Waals surface area contributed by atoms with Crippen molar-refractivity contribution in [2.45, 2.75) is 11.6 Å². The highest BCUT2D eigenvalue weighted by Crippen LogP contribution is 2.18. The fourth-order valence-corrected chi connectivity index (χ4v) is 0.364. The first-order valence-corrected chi connectivity index (χ1v) is 2.86. The van der Waals surface area contributed by atoms with Gasteiger partial charge in [-0.1, -0.05) is 0 Å². The van der Waals surface area contributed by atoms with Crippen molar-refractivity contribution in [3.63, 3.8) is 0 Å². The molecule has 3 nitrogen and oxygen atoms in total. The first kappa shape index (κ1) is 8.86. The Morgan fingerprint density at radius 1 is 1.56 bits per heavy atom. The summed E-state index contributed by atoms with van der Waals surface area (Å²) in [5.41, 5.74) is -3.43. The number of hydrogen-bond acceptors (Lipinski definition) is 2. The molecule has 2 unspecified atom stereocenters. The highest BCUT2D eigenvalue weighted by atomic mass is 32.2. The molecule has 0 radical (unpaired) electrons. The Kier molecular flexibility index (Phi) is 2.59. The predicted molar refractivity (Wildman–Crippen MR) is 22.8 cm³/mol. The van der Waals surface area contributed by atoms with Crippen LogP contribution >= 0.6 is 0 Å². The molecular weight excluding hydrogens is 161 g/mol. The molecule has 0 aromatic rings. The van der Waals surface area contributed by atoms with Crippen LogP contribution in [-0.2, 0) is 11.1 Å². The van der Waals surface area contributed by atoms with Crippen molar-refractivity contribution in [1.82, 2.24) is 0 Å². The van der Waals surface area contributed by atoms with Gasteiger partial charge < -0.3 is 9.66 Å². The number of rotatable bonds is 2. The molecule has 0 bridgehead atoms. The summed E-state index contributed by atoms with van der Waals surface area (Å²) < 4.78 is 50.9. The zero-order chi connectivity index (χ0) is 7.65. The molecule has 56 valence electrons. The minimum atomic E-state index is -4.74. The average Bonchev–Trinajstić information content (AvgIpc) is 1.62. The van der Waals surface area contributed by atoms with Crippen LogP contribution in [0.4, 0.5) is 13.2 Å². The Morgan fingerprint density at radius 2 is 1.89 bits per heavy atom. The highest BCUT2D eigenvalue weighted by Gasteiger charge is 2.42. The first-order valence-electron chi connectivity index (χ1n) is 1.69. The van der Waals surface area contributed by atoms with E-state index in [9.17, 15) is 17.4 Å². The van der Waals surface area contributed by atoms with Gasteiger partial charge in [0.2, 0.25) is 0 Å². The van der Waals surface area contributed by atoms with Gasteiger partial charge in [-0.05, 0) is 0 Å². The molecule has 0 spiro atoms. The van der Waals surface area contributed by atoms with E-state index in [2.05, 4.69) is 0 Å². The van der Waals surface area contributed by atoms with Crippen LogP contribution in [-0.4, -0.2) is 25.5 Å². The topological polar surface area (TPSA) is 57.5 Å². The largest absolute Gasteiger partial charge is 0.398 e. The second-order valence-corrected chi connectivity index (χ2v) is 2.15. The monoisotopic (exact) mass is 164 g/mol. The predicted octanol–water partition coefficient (Wildman–Crippen LogP) is 0.0888. The van der Waals surface area contributed by atoms with Crippen molar-refractivity contribution in [1.29, 1.82) is 0 Å². The molecular formula is C2H3F3O3S. The molecule has 0 rings (SSSR count). The van der Waals surface area contributed by atoms with E-state index in [4.69, 9.17) is 9.66 Å². The third-order valence-electron chi connectivity index (χ3n) is 0.450. The molecule has 0 amide bonds. The molecule has 9 heavy (non-hydrogen) atoms. The lowest BCUT2D eigenvalue weighted by atomic mass is 10.7. The standard InChI is InChI=1S/C2H3F3O3S/c3-1(9(7)8)2(4,5)6/h1,6H,(H,7,8). The Bertz CT molecular complexity index is 121. The van der Waals surface area contributed by atoms with Crippen molar-refractivity contribution in [2.75, 3.05) is 0 Å². The van der Waals surface area contributed by atoms with Crippen LogP contribution in [0.5, 0.6) is 0 Å². The molecule has 0 aliphatic rings. The maximum atomic E-state index is 11.5. The van der Waals surface area contributed by atoms with Crippen LogP contribution in [0.15, 0.2) is 0 Å². The third kappa shape index (κ3) is 2.78. The van der Waals surface area contributed by atoms with Crippen LogP contribution < -0.4 is 0 Å². The lowest BCUT2D eigenvalue weighted by molar-refractivity contribution is -0.220. The summed E-state index contributed by atoms with van der Waals surface area (Å²) in [6, 6.07) is 0. The number of aliphatic hydroxyl groups is 1. The second kappa shape index (κ2) is 2.63. The molecule has 0 aromatic carbocycles. The SMILES string of the molecule is O=S(O)C(F)C(O)(F)F. The summed E-state index contributed by atoms with van der Waals surface area (Å²) >= 11 is -3.35. The van der Waals surface area contributed by atoms with E-state index in [0.29, 0.717) is 0 Å². The number of halogens is 3. The molecule has 0 heterocycles. The molecule has 2 N–H and O–H groups in total. The van der Waals surface area contributed by atoms with Gasteiger partial charge in [0.15, 0.2) is 11.1 Å². The summed E-state index contributed by atoms with van der Waals surface area (Å²) in [4.78, 5) is 0. The second-order valence-electron chi connectivity index (χ2n) is 1.18. The molecule has 0 fully saturated rings. The van der Waals surface area contributed by atoms with Crippen LogP contribution in [0.2, 0.25) is 0 Å². The third-order valence-corrected chi connectivity index (χ3v) is 1.09. The van der Waals surface area contributed by atoms with E-state index in [1.165, 1.54) is 0 Å². The lowest BCUT2D eigenvalue weighted by Gasteiger charge is -2.08. The molecule has 0 saturated carbocycles. The fourth-order valence-electron chi connectivity index (χ4n) is 0.121. The fraction of sp³-hybridized carbons (Fsp3) is 1.00. The van der Waals surface area contributed by atoms with E-state index >= 15 is 0 Å². The summed E-state index contributed by atoms with van der Waals surface area (Å²) in [5, 5.41) is 7.40. The summed E-state index contributed by atoms with van der Waals surface area (Å²) in [6.07, 6.45) is -4.74. The zero-order valence-corrected chi connectivity index (χ0v) is 4.74. The van der Waals surface area contributed by atoms with Gasteiger partial charge in [0.1, 0.15) is 0 Å². The van der Waals surface area contributed by atoms with Gasteiger partial charge in [0.05, 0.1) is 0 Å². The van der Waals surface area contributed by atoms with Gasteiger partial charge in [-0.25, -0.2) is 8.60 Å². The van der Waals surface area contributed by atoms with Crippen LogP contribution in [0.3, 0.4) is 0 Å². The lowest BCUT2D eigenvalue weighted by Crippen LogP contribution is -2.32. The molecule has 0 saturated heterocycles. The van der Waals surface area contributed by atoms with Crippen molar-refractivity contribution in [3.05, 3.63) is 0 Å². The summed E-state index contributed by atoms with van der Waals surface area (Å²) in [6.45, 7) is 0. The normalized spacial score (nSPS) is 19.2. The van der Waals surface area contributed by atoms with Gasteiger partial charge in [-0.3, -0.25) is 0 Å². The molecule has 0 aliphatic heterocycles. The van der Waals surface area contributed by atoms with Gasteiger partial charge in [-0.2, -0.15) is 8.78 Å². The Balaban J connectivity index is 4.04. The first-order chi connectivity index (χ1) is 3.85. The Morgan fingerprint density at radius 3 is 1.89 bits per heavy atom. The van der Waals surface area contributed by atoms with Crippen molar-refractivity contribution < 1.29 is 27.0 Å². The molecule has 7 heteroatoms. The van der Waals surface area contributed by atoms with Gasteiger partial charge in [0.25, 0.3) is 5.50 Å². The van der Waals surface area contributed by atoms with E-state index in [0.717, 1.165) is 0 Å². The summed E-state index contributed by atoms with van der Waals surface area (Å²) in [7, 11) is 0. The van der Waals surface area contributed by atoms with E-state index in [-0.39, 0.29) is 0 Å². The minimum Gasteiger partial charge on any atom is -0.333 e. The molecule has 0 aromatic heterocycles. The maximum Gasteiger partial charge on any atom is 0.398 e. The van der Waals surface area contributed by atoms with Crippen LogP contribution in [0.1, 0.15) is 0 Å². The number of hydrogen-bond donors (Lipinski definition) is 2. The van der Waals surface area contributed by atoms with Crippen LogP contribution in [0, 0.1) is 0 Å². The number of alkyl halides is 3. The Hall–Kier alpha value is -0.140. The maximum absolute atomic E-state index is 11.5. The van der Waals surface area contributed by atoms with E-state index in [1.54, 1.807) is 0 Å². The Labute approximate surface area is 50.8 Å². The average molecular weight is 164 g/mol. The molecule has 0 aliphatic carbocycles. The zero-order valence-electron chi connectivity index (χ0n) is 3.92. The molecule has 2 atom stereocenters. The highest BCUT2D eigenvalue weighted by molar-refractivity contribution is 7.79. The van der Waals surface area contributed by atoms with Crippen molar-refractivity contribution >= 4 is 11.1 Å². The quantitative estimate of drug-likeness (QED) is 0.568.